The molecule has 0 amide bonds. The highest BCUT2D eigenvalue weighted by atomic mass is 35.5. The van der Waals surface area contributed by atoms with Gasteiger partial charge >= 0.3 is 0 Å². The molecule has 0 saturated heterocycles. The first-order valence-corrected chi connectivity index (χ1v) is 7.11. The summed E-state index contributed by atoms with van der Waals surface area (Å²) in [6, 6.07) is 5.52. The van der Waals surface area contributed by atoms with Gasteiger partial charge in [-0.1, -0.05) is 11.6 Å². The minimum Gasteiger partial charge on any atom is -0.328 e. The van der Waals surface area contributed by atoms with Crippen molar-refractivity contribution in [2.45, 2.75) is 50.7 Å². The lowest BCUT2D eigenvalue weighted by molar-refractivity contribution is 0.323. The molecule has 0 aromatic carbocycles. The van der Waals surface area contributed by atoms with Crippen molar-refractivity contribution in [2.24, 2.45) is 5.73 Å². The van der Waals surface area contributed by atoms with Gasteiger partial charge in [0.1, 0.15) is 0 Å². The molecular formula is C12H19ClN2S. The van der Waals surface area contributed by atoms with E-state index in [9.17, 15) is 0 Å². The van der Waals surface area contributed by atoms with Crippen LogP contribution < -0.4 is 11.1 Å². The van der Waals surface area contributed by atoms with Crippen LogP contribution in [0, 0.1) is 0 Å². The fourth-order valence-electron chi connectivity index (χ4n) is 2.28. The highest BCUT2D eigenvalue weighted by Crippen LogP contribution is 2.28. The number of hydrogen-bond donors (Lipinski definition) is 2. The van der Waals surface area contributed by atoms with Gasteiger partial charge in [0.15, 0.2) is 0 Å². The molecule has 4 heteroatoms. The van der Waals surface area contributed by atoms with Crippen molar-refractivity contribution in [2.75, 3.05) is 0 Å². The van der Waals surface area contributed by atoms with Crippen LogP contribution >= 0.6 is 22.9 Å². The quantitative estimate of drug-likeness (QED) is 0.873. The zero-order valence-electron chi connectivity index (χ0n) is 9.58. The van der Waals surface area contributed by atoms with E-state index >= 15 is 0 Å². The maximum atomic E-state index is 5.94. The van der Waals surface area contributed by atoms with Gasteiger partial charge in [-0.15, -0.1) is 11.3 Å². The molecule has 0 spiro atoms. The lowest BCUT2D eigenvalue weighted by atomic mass is 9.91. The Morgan fingerprint density at radius 3 is 2.62 bits per heavy atom. The summed E-state index contributed by atoms with van der Waals surface area (Å²) in [6.45, 7) is 2.21. The van der Waals surface area contributed by atoms with Crippen LogP contribution in [0.25, 0.3) is 0 Å². The molecule has 1 atom stereocenters. The van der Waals surface area contributed by atoms with Crippen LogP contribution in [0.15, 0.2) is 12.1 Å². The third-order valence-corrected chi connectivity index (χ3v) is 4.69. The molecule has 1 aromatic rings. The molecule has 2 nitrogen and oxygen atoms in total. The minimum atomic E-state index is 0.400. The second-order valence-electron chi connectivity index (χ2n) is 4.64. The van der Waals surface area contributed by atoms with E-state index in [-0.39, 0.29) is 0 Å². The van der Waals surface area contributed by atoms with Crippen LogP contribution in [0.2, 0.25) is 4.34 Å². The number of halogens is 1. The van der Waals surface area contributed by atoms with Gasteiger partial charge in [-0.2, -0.15) is 0 Å². The van der Waals surface area contributed by atoms with Gasteiger partial charge in [0.2, 0.25) is 0 Å². The van der Waals surface area contributed by atoms with Crippen molar-refractivity contribution < 1.29 is 0 Å². The zero-order chi connectivity index (χ0) is 11.5. The van der Waals surface area contributed by atoms with E-state index in [2.05, 4.69) is 18.3 Å². The number of rotatable bonds is 3. The van der Waals surface area contributed by atoms with Gasteiger partial charge in [-0.05, 0) is 44.7 Å². The predicted molar refractivity (Wildman–Crippen MR) is 71.1 cm³/mol. The standard InChI is InChI=1S/C12H19ClN2S/c1-8(11-6-7-12(13)16-11)15-10-4-2-9(14)3-5-10/h6-10,15H,2-5,14H2,1H3. The van der Waals surface area contributed by atoms with E-state index in [1.807, 2.05) is 6.07 Å². The van der Waals surface area contributed by atoms with E-state index in [4.69, 9.17) is 17.3 Å². The van der Waals surface area contributed by atoms with Crippen LogP contribution in [-0.4, -0.2) is 12.1 Å². The van der Waals surface area contributed by atoms with E-state index in [1.165, 1.54) is 17.7 Å². The Morgan fingerprint density at radius 1 is 1.38 bits per heavy atom. The van der Waals surface area contributed by atoms with Gasteiger partial charge in [0, 0.05) is 23.0 Å². The van der Waals surface area contributed by atoms with Crippen molar-refractivity contribution in [3.8, 4) is 0 Å². The molecule has 3 N–H and O–H groups in total. The molecule has 90 valence electrons. The lowest BCUT2D eigenvalue weighted by Gasteiger charge is -2.29. The molecular weight excluding hydrogens is 240 g/mol. The summed E-state index contributed by atoms with van der Waals surface area (Å²) < 4.78 is 0.870. The third-order valence-electron chi connectivity index (χ3n) is 3.28. The Morgan fingerprint density at radius 2 is 2.06 bits per heavy atom. The molecule has 0 aliphatic heterocycles. The van der Waals surface area contributed by atoms with Crippen LogP contribution in [0.1, 0.15) is 43.5 Å². The van der Waals surface area contributed by atoms with E-state index in [1.54, 1.807) is 11.3 Å². The molecule has 1 fully saturated rings. The summed E-state index contributed by atoms with van der Waals surface area (Å²) in [7, 11) is 0. The van der Waals surface area contributed by atoms with E-state index in [0.29, 0.717) is 18.1 Å². The molecule has 1 aliphatic rings. The van der Waals surface area contributed by atoms with Gasteiger partial charge in [0.05, 0.1) is 4.34 Å². The fourth-order valence-corrected chi connectivity index (χ4v) is 3.35. The largest absolute Gasteiger partial charge is 0.328 e. The summed E-state index contributed by atoms with van der Waals surface area (Å²) >= 11 is 7.60. The number of thiophene rings is 1. The van der Waals surface area contributed by atoms with Crippen molar-refractivity contribution in [1.82, 2.24) is 5.32 Å². The molecule has 0 bridgehead atoms. The average Bonchev–Trinajstić information content (AvgIpc) is 2.68. The van der Waals surface area contributed by atoms with Gasteiger partial charge < -0.3 is 11.1 Å². The Labute approximate surface area is 106 Å². The van der Waals surface area contributed by atoms with Gasteiger partial charge in [-0.3, -0.25) is 0 Å². The van der Waals surface area contributed by atoms with Gasteiger partial charge in [-0.25, -0.2) is 0 Å². The highest BCUT2D eigenvalue weighted by molar-refractivity contribution is 7.16. The first kappa shape index (κ1) is 12.4. The topological polar surface area (TPSA) is 38.0 Å². The maximum absolute atomic E-state index is 5.94. The smallest absolute Gasteiger partial charge is 0.0931 e. The Balaban J connectivity index is 1.85. The normalized spacial score (nSPS) is 27.9. The molecule has 1 saturated carbocycles. The molecule has 1 unspecified atom stereocenters. The van der Waals surface area contributed by atoms with Crippen molar-refractivity contribution >= 4 is 22.9 Å². The van der Waals surface area contributed by atoms with E-state index < -0.39 is 0 Å². The van der Waals surface area contributed by atoms with Crippen LogP contribution in [0.4, 0.5) is 0 Å². The first-order chi connectivity index (χ1) is 7.65. The summed E-state index contributed by atoms with van der Waals surface area (Å²) in [5, 5.41) is 3.67. The van der Waals surface area contributed by atoms with E-state index in [0.717, 1.165) is 17.2 Å². The van der Waals surface area contributed by atoms with Gasteiger partial charge in [0.25, 0.3) is 0 Å². The van der Waals surface area contributed by atoms with Crippen LogP contribution in [0.3, 0.4) is 0 Å². The van der Waals surface area contributed by atoms with Crippen molar-refractivity contribution in [3.63, 3.8) is 0 Å². The fraction of sp³-hybridized carbons (Fsp3) is 0.667. The lowest BCUT2D eigenvalue weighted by Crippen LogP contribution is -2.38. The van der Waals surface area contributed by atoms with Crippen molar-refractivity contribution in [3.05, 3.63) is 21.3 Å². The monoisotopic (exact) mass is 258 g/mol. The molecule has 1 heterocycles. The maximum Gasteiger partial charge on any atom is 0.0931 e. The molecule has 16 heavy (non-hydrogen) atoms. The average molecular weight is 259 g/mol. The third kappa shape index (κ3) is 3.20. The van der Waals surface area contributed by atoms with Crippen LogP contribution in [-0.2, 0) is 0 Å². The molecule has 0 radical (unpaired) electrons. The number of nitrogens with one attached hydrogen (secondary N) is 1. The Hall–Kier alpha value is -0.0900. The summed E-state index contributed by atoms with van der Waals surface area (Å²) in [6.07, 6.45) is 4.69. The van der Waals surface area contributed by atoms with Crippen LogP contribution in [0.5, 0.6) is 0 Å². The minimum absolute atomic E-state index is 0.400. The second kappa shape index (κ2) is 5.50. The Bertz CT molecular complexity index is 332. The predicted octanol–water partition coefficient (Wildman–Crippen LogP) is 3.32. The number of hydrogen-bond acceptors (Lipinski definition) is 3. The molecule has 1 aliphatic carbocycles. The molecule has 2 rings (SSSR count). The first-order valence-electron chi connectivity index (χ1n) is 5.92. The summed E-state index contributed by atoms with van der Waals surface area (Å²) in [5.41, 5.74) is 5.90. The second-order valence-corrected chi connectivity index (χ2v) is 6.39. The Kier molecular flexibility index (Phi) is 4.25. The zero-order valence-corrected chi connectivity index (χ0v) is 11.2. The summed E-state index contributed by atoms with van der Waals surface area (Å²) in [4.78, 5) is 1.32. The highest BCUT2D eigenvalue weighted by Gasteiger charge is 2.20. The number of nitrogens with two attached hydrogens (primary N) is 1. The SMILES string of the molecule is CC(NC1CCC(N)CC1)c1ccc(Cl)s1. The summed E-state index contributed by atoms with van der Waals surface area (Å²) in [5.74, 6) is 0. The molecule has 1 aromatic heterocycles. The van der Waals surface area contributed by atoms with Crippen molar-refractivity contribution in [1.29, 1.82) is 0 Å².